The maximum Gasteiger partial charge on any atom is 0.147 e. The molecule has 0 amide bonds. The van der Waals surface area contributed by atoms with Gasteiger partial charge in [0.2, 0.25) is 0 Å². The van der Waals surface area contributed by atoms with Gasteiger partial charge < -0.3 is 11.1 Å². The normalized spacial score (nSPS) is 10.4. The Balaban J connectivity index is 2.48. The molecular weight excluding hydrogens is 370 g/mol. The van der Waals surface area contributed by atoms with Crippen LogP contribution in [0.1, 0.15) is 5.56 Å². The lowest BCUT2D eigenvalue weighted by atomic mass is 10.1. The van der Waals surface area contributed by atoms with Gasteiger partial charge in [-0.05, 0) is 34.1 Å². The van der Waals surface area contributed by atoms with Crippen molar-refractivity contribution in [2.24, 2.45) is 5.73 Å². The number of hydrogen-bond donors (Lipinski definition) is 2. The molecule has 0 aliphatic carbocycles. The van der Waals surface area contributed by atoms with Crippen molar-refractivity contribution in [3.05, 3.63) is 57.0 Å². The lowest BCUT2D eigenvalue weighted by Crippen LogP contribution is -2.13. The third-order valence-corrected chi connectivity index (χ3v) is 3.67. The summed E-state index contributed by atoms with van der Waals surface area (Å²) >= 11 is 13.8. The van der Waals surface area contributed by atoms with Crippen molar-refractivity contribution < 1.29 is 8.78 Å². The molecule has 0 aliphatic heterocycles. The van der Waals surface area contributed by atoms with Gasteiger partial charge in [0, 0.05) is 6.07 Å². The van der Waals surface area contributed by atoms with E-state index in [4.69, 9.17) is 29.6 Å². The summed E-state index contributed by atoms with van der Waals surface area (Å²) in [6.45, 7) is 0. The van der Waals surface area contributed by atoms with Crippen LogP contribution in [0.15, 0.2) is 34.8 Å². The number of nitrogens with one attached hydrogen (secondary N) is 1. The third-order valence-electron chi connectivity index (χ3n) is 2.54. The fraction of sp³-hybridized carbons (Fsp3) is 0. The molecule has 2 aromatic carbocycles. The van der Waals surface area contributed by atoms with E-state index in [1.165, 1.54) is 0 Å². The Morgan fingerprint density at radius 1 is 1.20 bits per heavy atom. The van der Waals surface area contributed by atoms with Crippen LogP contribution >= 0.6 is 39.7 Å². The van der Waals surface area contributed by atoms with Crippen LogP contribution in [0.3, 0.4) is 0 Å². The first kappa shape index (κ1) is 15.2. The average molecular weight is 378 g/mol. The van der Waals surface area contributed by atoms with Crippen molar-refractivity contribution in [2.75, 3.05) is 5.32 Å². The first-order valence-electron chi connectivity index (χ1n) is 5.40. The zero-order valence-corrected chi connectivity index (χ0v) is 13.0. The van der Waals surface area contributed by atoms with Crippen LogP contribution in [0, 0.1) is 11.6 Å². The number of rotatable bonds is 3. The maximum atomic E-state index is 13.8. The number of nitrogens with two attached hydrogens (primary N) is 1. The molecule has 104 valence electrons. The lowest BCUT2D eigenvalue weighted by molar-refractivity contribution is 0.598. The Morgan fingerprint density at radius 3 is 2.55 bits per heavy atom. The van der Waals surface area contributed by atoms with Crippen LogP contribution < -0.4 is 11.1 Å². The predicted octanol–water partition coefficient (Wildman–Crippen LogP) is 4.76. The van der Waals surface area contributed by atoms with Crippen molar-refractivity contribution in [1.29, 1.82) is 0 Å². The SMILES string of the molecule is NC(=S)c1c(Cl)cccc1Nc1cc(F)c(Br)cc1F. The Kier molecular flexibility index (Phi) is 4.57. The molecule has 0 bridgehead atoms. The van der Waals surface area contributed by atoms with Gasteiger partial charge in [-0.1, -0.05) is 29.9 Å². The molecule has 0 saturated heterocycles. The average Bonchev–Trinajstić information content (AvgIpc) is 2.35. The van der Waals surface area contributed by atoms with Crippen molar-refractivity contribution in [3.63, 3.8) is 0 Å². The van der Waals surface area contributed by atoms with Gasteiger partial charge in [0.15, 0.2) is 0 Å². The Bertz CT molecular complexity index is 694. The van der Waals surface area contributed by atoms with Gasteiger partial charge >= 0.3 is 0 Å². The van der Waals surface area contributed by atoms with Crippen molar-refractivity contribution >= 4 is 56.1 Å². The lowest BCUT2D eigenvalue weighted by Gasteiger charge is -2.13. The molecule has 0 atom stereocenters. The van der Waals surface area contributed by atoms with E-state index < -0.39 is 11.6 Å². The Labute approximate surface area is 133 Å². The Hall–Kier alpha value is -1.24. The van der Waals surface area contributed by atoms with Crippen LogP contribution in [-0.2, 0) is 0 Å². The van der Waals surface area contributed by atoms with Crippen molar-refractivity contribution in [2.45, 2.75) is 0 Å². The highest BCUT2D eigenvalue weighted by Gasteiger charge is 2.13. The molecule has 0 saturated carbocycles. The molecular formula is C13H8BrClF2N2S. The molecule has 0 heterocycles. The molecule has 0 aromatic heterocycles. The number of anilines is 2. The van der Waals surface area contributed by atoms with Crippen molar-refractivity contribution in [3.8, 4) is 0 Å². The van der Waals surface area contributed by atoms with Gasteiger partial charge in [-0.2, -0.15) is 0 Å². The second-order valence-corrected chi connectivity index (χ2v) is 5.60. The fourth-order valence-electron chi connectivity index (χ4n) is 1.64. The van der Waals surface area contributed by atoms with Crippen LogP contribution in [0.2, 0.25) is 5.02 Å². The minimum Gasteiger partial charge on any atom is -0.389 e. The van der Waals surface area contributed by atoms with Gasteiger partial charge in [0.1, 0.15) is 16.6 Å². The van der Waals surface area contributed by atoms with Gasteiger partial charge in [0.05, 0.1) is 26.4 Å². The molecule has 0 unspecified atom stereocenters. The van der Waals surface area contributed by atoms with Crippen molar-refractivity contribution in [1.82, 2.24) is 0 Å². The highest BCUT2D eigenvalue weighted by Crippen LogP contribution is 2.30. The molecule has 2 rings (SSSR count). The van der Waals surface area contributed by atoms with Gasteiger partial charge in [0.25, 0.3) is 0 Å². The minimum atomic E-state index is -0.618. The molecule has 0 radical (unpaired) electrons. The monoisotopic (exact) mass is 376 g/mol. The molecule has 20 heavy (non-hydrogen) atoms. The summed E-state index contributed by atoms with van der Waals surface area (Å²) in [7, 11) is 0. The van der Waals surface area contributed by atoms with Crippen LogP contribution in [-0.4, -0.2) is 4.99 Å². The van der Waals surface area contributed by atoms with E-state index in [0.29, 0.717) is 16.3 Å². The topological polar surface area (TPSA) is 38.0 Å². The second kappa shape index (κ2) is 6.03. The van der Waals surface area contributed by atoms with Crippen LogP contribution in [0.5, 0.6) is 0 Å². The quantitative estimate of drug-likeness (QED) is 0.598. The highest BCUT2D eigenvalue weighted by atomic mass is 79.9. The van der Waals surface area contributed by atoms with E-state index in [9.17, 15) is 8.78 Å². The summed E-state index contributed by atoms with van der Waals surface area (Å²) in [5.41, 5.74) is 6.35. The number of hydrogen-bond acceptors (Lipinski definition) is 2. The summed E-state index contributed by atoms with van der Waals surface area (Å²) in [6, 6.07) is 6.95. The first-order chi connectivity index (χ1) is 9.40. The molecule has 0 aliphatic rings. The van der Waals surface area contributed by atoms with E-state index in [1.54, 1.807) is 18.2 Å². The predicted molar refractivity (Wildman–Crippen MR) is 84.7 cm³/mol. The van der Waals surface area contributed by atoms with E-state index >= 15 is 0 Å². The number of benzene rings is 2. The second-order valence-electron chi connectivity index (χ2n) is 3.90. The summed E-state index contributed by atoms with van der Waals surface area (Å²) in [5, 5.41) is 3.08. The fourth-order valence-corrected chi connectivity index (χ4v) is 2.51. The van der Waals surface area contributed by atoms with E-state index in [1.807, 2.05) is 0 Å². The standard InChI is InChI=1S/C13H8BrClF2N2S/c14-6-4-9(17)11(5-8(6)16)19-10-3-1-2-7(15)12(10)13(18)20/h1-5,19H,(H2,18,20). The van der Waals surface area contributed by atoms with E-state index in [2.05, 4.69) is 21.2 Å². The molecule has 2 nitrogen and oxygen atoms in total. The summed E-state index contributed by atoms with van der Waals surface area (Å²) < 4.78 is 27.3. The Morgan fingerprint density at radius 2 is 1.90 bits per heavy atom. The largest absolute Gasteiger partial charge is 0.389 e. The smallest absolute Gasteiger partial charge is 0.147 e. The summed E-state index contributed by atoms with van der Waals surface area (Å²) in [5.74, 6) is -1.21. The number of thiocarbonyl (C=S) groups is 1. The summed E-state index contributed by atoms with van der Waals surface area (Å²) in [6.07, 6.45) is 0. The van der Waals surface area contributed by atoms with Gasteiger partial charge in [-0.25, -0.2) is 8.78 Å². The third kappa shape index (κ3) is 3.08. The van der Waals surface area contributed by atoms with Crippen LogP contribution in [0.4, 0.5) is 20.2 Å². The molecule has 7 heteroatoms. The minimum absolute atomic E-state index is 0.0366. The first-order valence-corrected chi connectivity index (χ1v) is 6.98. The molecule has 0 fully saturated rings. The van der Waals surface area contributed by atoms with Gasteiger partial charge in [-0.3, -0.25) is 0 Å². The highest BCUT2D eigenvalue weighted by molar-refractivity contribution is 9.10. The van der Waals surface area contributed by atoms with E-state index in [-0.39, 0.29) is 15.1 Å². The zero-order valence-electron chi connectivity index (χ0n) is 9.88. The van der Waals surface area contributed by atoms with E-state index in [0.717, 1.165) is 12.1 Å². The maximum absolute atomic E-state index is 13.8. The van der Waals surface area contributed by atoms with Crippen LogP contribution in [0.25, 0.3) is 0 Å². The number of halogens is 4. The molecule has 2 aromatic rings. The molecule has 0 spiro atoms. The summed E-state index contributed by atoms with van der Waals surface area (Å²) in [4.78, 5) is 0.0658. The zero-order chi connectivity index (χ0) is 14.9. The van der Waals surface area contributed by atoms with Gasteiger partial charge in [-0.15, -0.1) is 0 Å². The molecule has 3 N–H and O–H groups in total.